The third kappa shape index (κ3) is 4.08. The monoisotopic (exact) mass is 346 g/mol. The second-order valence-electron chi connectivity index (χ2n) is 5.13. The number of hydrogen-bond donors (Lipinski definition) is 1. The highest BCUT2D eigenvalue weighted by Crippen LogP contribution is 2.31. The molecule has 2 nitrogen and oxygen atoms in total. The van der Waals surface area contributed by atoms with Gasteiger partial charge in [0.1, 0.15) is 0 Å². The van der Waals surface area contributed by atoms with Gasteiger partial charge in [-0.15, -0.1) is 0 Å². The first-order chi connectivity index (χ1) is 10.2. The van der Waals surface area contributed by atoms with Crippen LogP contribution in [0.1, 0.15) is 25.0 Å². The van der Waals surface area contributed by atoms with Gasteiger partial charge in [0.25, 0.3) is 0 Å². The summed E-state index contributed by atoms with van der Waals surface area (Å²) in [5.41, 5.74) is 5.11. The summed E-state index contributed by atoms with van der Waals surface area (Å²) in [5.74, 6) is 0. The Morgan fingerprint density at radius 3 is 2.38 bits per heavy atom. The van der Waals surface area contributed by atoms with E-state index in [4.69, 9.17) is 0 Å². The standard InChI is InChI=1S/C18H23BrN2/c1-4-20-13-15-8-9-16(19)12-18(15)21(5-2)17-10-6-14(3)7-11-17/h6-12,20H,4-5,13H2,1-3H3. The van der Waals surface area contributed by atoms with Gasteiger partial charge in [-0.3, -0.25) is 0 Å². The van der Waals surface area contributed by atoms with Crippen molar-refractivity contribution in [2.45, 2.75) is 27.3 Å². The van der Waals surface area contributed by atoms with E-state index in [1.165, 1.54) is 22.5 Å². The van der Waals surface area contributed by atoms with E-state index in [0.717, 1.165) is 24.1 Å². The van der Waals surface area contributed by atoms with Crippen molar-refractivity contribution in [2.75, 3.05) is 18.0 Å². The van der Waals surface area contributed by atoms with E-state index in [1.54, 1.807) is 0 Å². The quantitative estimate of drug-likeness (QED) is 0.789. The molecule has 0 aliphatic rings. The van der Waals surface area contributed by atoms with E-state index in [-0.39, 0.29) is 0 Å². The van der Waals surface area contributed by atoms with Gasteiger partial charge in [-0.1, -0.05) is 46.6 Å². The number of nitrogens with zero attached hydrogens (tertiary/aromatic N) is 1. The fourth-order valence-electron chi connectivity index (χ4n) is 2.41. The van der Waals surface area contributed by atoms with Crippen molar-refractivity contribution in [2.24, 2.45) is 0 Å². The zero-order valence-corrected chi connectivity index (χ0v) is 14.6. The summed E-state index contributed by atoms with van der Waals surface area (Å²) in [5, 5.41) is 3.42. The molecule has 0 aliphatic carbocycles. The van der Waals surface area contributed by atoms with Crippen molar-refractivity contribution in [3.63, 3.8) is 0 Å². The van der Waals surface area contributed by atoms with E-state index < -0.39 is 0 Å². The van der Waals surface area contributed by atoms with Crippen LogP contribution in [-0.4, -0.2) is 13.1 Å². The van der Waals surface area contributed by atoms with Crippen molar-refractivity contribution >= 4 is 27.3 Å². The van der Waals surface area contributed by atoms with Crippen LogP contribution < -0.4 is 10.2 Å². The molecule has 1 N–H and O–H groups in total. The molecule has 3 heteroatoms. The Labute approximate surface area is 136 Å². The fourth-order valence-corrected chi connectivity index (χ4v) is 2.76. The smallest absolute Gasteiger partial charge is 0.0467 e. The van der Waals surface area contributed by atoms with Gasteiger partial charge < -0.3 is 10.2 Å². The number of halogens is 1. The van der Waals surface area contributed by atoms with E-state index >= 15 is 0 Å². The highest BCUT2D eigenvalue weighted by molar-refractivity contribution is 9.10. The first-order valence-electron chi connectivity index (χ1n) is 7.49. The van der Waals surface area contributed by atoms with E-state index in [2.05, 4.69) is 89.4 Å². The van der Waals surface area contributed by atoms with Crippen LogP contribution in [0.3, 0.4) is 0 Å². The molecule has 2 aromatic rings. The molecule has 0 spiro atoms. The molecule has 0 saturated carbocycles. The van der Waals surface area contributed by atoms with Crippen molar-refractivity contribution in [1.82, 2.24) is 5.32 Å². The Morgan fingerprint density at radius 1 is 1.05 bits per heavy atom. The zero-order valence-electron chi connectivity index (χ0n) is 13.0. The number of rotatable bonds is 6. The Kier molecular flexibility index (Phi) is 5.83. The molecular weight excluding hydrogens is 324 g/mol. The molecule has 0 fully saturated rings. The number of benzene rings is 2. The number of aryl methyl sites for hydroxylation is 1. The van der Waals surface area contributed by atoms with E-state index in [0.29, 0.717) is 0 Å². The molecule has 0 radical (unpaired) electrons. The molecule has 0 unspecified atom stereocenters. The second kappa shape index (κ2) is 7.62. The molecule has 0 saturated heterocycles. The summed E-state index contributed by atoms with van der Waals surface area (Å²) in [7, 11) is 0. The zero-order chi connectivity index (χ0) is 15.2. The highest BCUT2D eigenvalue weighted by Gasteiger charge is 2.12. The minimum Gasteiger partial charge on any atom is -0.341 e. The molecule has 0 aromatic heterocycles. The summed E-state index contributed by atoms with van der Waals surface area (Å²) >= 11 is 3.60. The topological polar surface area (TPSA) is 15.3 Å². The maximum absolute atomic E-state index is 3.60. The van der Waals surface area contributed by atoms with Crippen LogP contribution in [0.4, 0.5) is 11.4 Å². The summed E-state index contributed by atoms with van der Waals surface area (Å²) in [6.07, 6.45) is 0. The fraction of sp³-hybridized carbons (Fsp3) is 0.333. The molecule has 0 amide bonds. The average Bonchev–Trinajstić information content (AvgIpc) is 2.49. The summed E-state index contributed by atoms with van der Waals surface area (Å²) in [6.45, 7) is 9.26. The summed E-state index contributed by atoms with van der Waals surface area (Å²) in [4.78, 5) is 2.36. The van der Waals surface area contributed by atoms with E-state index in [1.807, 2.05) is 0 Å². The number of nitrogens with one attached hydrogen (secondary N) is 1. The molecule has 0 atom stereocenters. The van der Waals surface area contributed by atoms with Crippen LogP contribution in [-0.2, 0) is 6.54 Å². The Morgan fingerprint density at radius 2 is 1.76 bits per heavy atom. The van der Waals surface area contributed by atoms with Gasteiger partial charge in [-0.05, 0) is 50.2 Å². The Hall–Kier alpha value is -1.32. The van der Waals surface area contributed by atoms with E-state index in [9.17, 15) is 0 Å². The van der Waals surface area contributed by atoms with Crippen LogP contribution >= 0.6 is 15.9 Å². The maximum Gasteiger partial charge on any atom is 0.0467 e. The van der Waals surface area contributed by atoms with Gasteiger partial charge in [-0.2, -0.15) is 0 Å². The normalized spacial score (nSPS) is 10.7. The molecular formula is C18H23BrN2. The van der Waals surface area contributed by atoms with Crippen LogP contribution in [0, 0.1) is 6.92 Å². The predicted octanol–water partition coefficient (Wildman–Crippen LogP) is 5.03. The van der Waals surface area contributed by atoms with Crippen LogP contribution in [0.2, 0.25) is 0 Å². The third-order valence-corrected chi connectivity index (χ3v) is 4.06. The molecule has 21 heavy (non-hydrogen) atoms. The molecule has 2 aromatic carbocycles. The Bertz CT molecular complexity index is 578. The second-order valence-corrected chi connectivity index (χ2v) is 6.05. The lowest BCUT2D eigenvalue weighted by Crippen LogP contribution is -2.20. The molecule has 112 valence electrons. The molecule has 0 aliphatic heterocycles. The lowest BCUT2D eigenvalue weighted by molar-refractivity contribution is 0.725. The maximum atomic E-state index is 3.60. The predicted molar refractivity (Wildman–Crippen MR) is 95.4 cm³/mol. The van der Waals surface area contributed by atoms with Gasteiger partial charge >= 0.3 is 0 Å². The first-order valence-corrected chi connectivity index (χ1v) is 8.28. The number of hydrogen-bond acceptors (Lipinski definition) is 2. The largest absolute Gasteiger partial charge is 0.341 e. The van der Waals surface area contributed by atoms with Crippen molar-refractivity contribution < 1.29 is 0 Å². The third-order valence-electron chi connectivity index (χ3n) is 3.57. The van der Waals surface area contributed by atoms with Gasteiger partial charge in [0.2, 0.25) is 0 Å². The highest BCUT2D eigenvalue weighted by atomic mass is 79.9. The molecule has 0 bridgehead atoms. The number of anilines is 2. The minimum absolute atomic E-state index is 0.890. The van der Waals surface area contributed by atoms with Crippen molar-refractivity contribution in [3.05, 3.63) is 58.1 Å². The Balaban J connectivity index is 2.40. The van der Waals surface area contributed by atoms with Crippen LogP contribution in [0.5, 0.6) is 0 Å². The summed E-state index contributed by atoms with van der Waals surface area (Å²) in [6, 6.07) is 15.2. The lowest BCUT2D eigenvalue weighted by Gasteiger charge is -2.26. The van der Waals surface area contributed by atoms with Crippen molar-refractivity contribution in [3.8, 4) is 0 Å². The first kappa shape index (κ1) is 16.1. The van der Waals surface area contributed by atoms with Gasteiger partial charge in [0.15, 0.2) is 0 Å². The van der Waals surface area contributed by atoms with Gasteiger partial charge in [0.05, 0.1) is 0 Å². The summed E-state index contributed by atoms with van der Waals surface area (Å²) < 4.78 is 1.11. The van der Waals surface area contributed by atoms with Crippen LogP contribution in [0.25, 0.3) is 0 Å². The molecule has 0 heterocycles. The average molecular weight is 347 g/mol. The van der Waals surface area contributed by atoms with Gasteiger partial charge in [0, 0.05) is 28.9 Å². The van der Waals surface area contributed by atoms with Crippen LogP contribution in [0.15, 0.2) is 46.9 Å². The lowest BCUT2D eigenvalue weighted by atomic mass is 10.1. The molecule has 2 rings (SSSR count). The van der Waals surface area contributed by atoms with Gasteiger partial charge in [-0.25, -0.2) is 0 Å². The SMILES string of the molecule is CCNCc1ccc(Br)cc1N(CC)c1ccc(C)cc1. The minimum atomic E-state index is 0.890. The van der Waals surface area contributed by atoms with Crippen molar-refractivity contribution in [1.29, 1.82) is 0 Å².